The Morgan fingerprint density at radius 1 is 1.12 bits per heavy atom. The summed E-state index contributed by atoms with van der Waals surface area (Å²) in [4.78, 5) is 8.28. The lowest BCUT2D eigenvalue weighted by atomic mass is 10.0. The fourth-order valence-corrected chi connectivity index (χ4v) is 2.65. The number of hydrogen-bond donors (Lipinski definition) is 2. The number of aromatic nitrogens is 2. The number of hydrogen-bond acceptors (Lipinski definition) is 6. The Kier molecular flexibility index (Phi) is 7.99. The normalized spacial score (nSPS) is 10.6. The maximum atomic E-state index is 5.88. The summed E-state index contributed by atoms with van der Waals surface area (Å²) in [6.45, 7) is 5.73. The summed E-state index contributed by atoms with van der Waals surface area (Å²) in [7, 11) is 1.70. The molecule has 0 saturated heterocycles. The van der Waals surface area contributed by atoms with Gasteiger partial charge in [0.2, 0.25) is 5.95 Å². The minimum absolute atomic E-state index is 0.250. The first-order chi connectivity index (χ1) is 12.7. The van der Waals surface area contributed by atoms with Crippen LogP contribution in [0.1, 0.15) is 44.2 Å². The molecule has 0 aliphatic heterocycles. The van der Waals surface area contributed by atoms with Crippen molar-refractivity contribution in [1.82, 2.24) is 9.97 Å². The summed E-state index contributed by atoms with van der Waals surface area (Å²) in [5, 5.41) is 3.27. The molecular formula is C20H30N4O2. The predicted molar refractivity (Wildman–Crippen MR) is 106 cm³/mol. The van der Waals surface area contributed by atoms with Crippen LogP contribution in [0.25, 0.3) is 0 Å². The zero-order valence-corrected chi connectivity index (χ0v) is 16.0. The van der Waals surface area contributed by atoms with Crippen molar-refractivity contribution in [3.63, 3.8) is 0 Å². The van der Waals surface area contributed by atoms with Crippen LogP contribution < -0.4 is 20.5 Å². The van der Waals surface area contributed by atoms with Gasteiger partial charge >= 0.3 is 0 Å². The van der Waals surface area contributed by atoms with Crippen molar-refractivity contribution < 1.29 is 9.47 Å². The van der Waals surface area contributed by atoms with Crippen LogP contribution in [-0.2, 0) is 12.8 Å². The van der Waals surface area contributed by atoms with Gasteiger partial charge < -0.3 is 20.5 Å². The lowest BCUT2D eigenvalue weighted by Gasteiger charge is -2.12. The van der Waals surface area contributed by atoms with Gasteiger partial charge in [0.15, 0.2) is 11.6 Å². The number of nitrogen functional groups attached to an aromatic ring is 1. The van der Waals surface area contributed by atoms with Crippen molar-refractivity contribution in [2.75, 3.05) is 31.3 Å². The molecule has 26 heavy (non-hydrogen) atoms. The Morgan fingerprint density at radius 2 is 1.92 bits per heavy atom. The molecule has 2 aromatic rings. The molecule has 6 heteroatoms. The maximum Gasteiger partial charge on any atom is 0.222 e. The Balaban J connectivity index is 1.89. The van der Waals surface area contributed by atoms with E-state index in [0.717, 1.165) is 44.4 Å². The number of nitrogens with two attached hydrogens (primary N) is 1. The van der Waals surface area contributed by atoms with Crippen LogP contribution in [0.5, 0.6) is 11.5 Å². The molecule has 0 radical (unpaired) electrons. The number of benzene rings is 1. The molecule has 0 spiro atoms. The van der Waals surface area contributed by atoms with Gasteiger partial charge in [0, 0.05) is 6.54 Å². The van der Waals surface area contributed by atoms with Gasteiger partial charge in [-0.1, -0.05) is 26.3 Å². The first kappa shape index (κ1) is 19.8. The van der Waals surface area contributed by atoms with Crippen LogP contribution >= 0.6 is 0 Å². The summed E-state index contributed by atoms with van der Waals surface area (Å²) >= 11 is 0. The Hall–Kier alpha value is -2.50. The van der Waals surface area contributed by atoms with E-state index in [2.05, 4.69) is 47.3 Å². The van der Waals surface area contributed by atoms with E-state index in [1.165, 1.54) is 11.1 Å². The Labute approximate surface area is 156 Å². The zero-order chi connectivity index (χ0) is 18.8. The molecular weight excluding hydrogens is 328 g/mol. The third kappa shape index (κ3) is 6.10. The summed E-state index contributed by atoms with van der Waals surface area (Å²) in [5.41, 5.74) is 8.24. The average Bonchev–Trinajstić information content (AvgIpc) is 2.66. The molecule has 142 valence electrons. The molecule has 6 nitrogen and oxygen atoms in total. The van der Waals surface area contributed by atoms with Gasteiger partial charge in [0.05, 0.1) is 19.9 Å². The van der Waals surface area contributed by atoms with E-state index >= 15 is 0 Å². The molecule has 0 aliphatic carbocycles. The number of rotatable bonds is 11. The monoisotopic (exact) mass is 358 g/mol. The summed E-state index contributed by atoms with van der Waals surface area (Å²) in [6, 6.07) is 6.40. The fraction of sp³-hybridized carbons (Fsp3) is 0.500. The highest BCUT2D eigenvalue weighted by molar-refractivity contribution is 5.51. The first-order valence-corrected chi connectivity index (χ1v) is 9.32. The number of nitrogens with zero attached hydrogens (tertiary/aromatic N) is 2. The highest BCUT2D eigenvalue weighted by Gasteiger charge is 2.07. The molecule has 0 aliphatic rings. The highest BCUT2D eigenvalue weighted by Crippen LogP contribution is 2.23. The second kappa shape index (κ2) is 10.5. The van der Waals surface area contributed by atoms with E-state index < -0.39 is 0 Å². The second-order valence-electron chi connectivity index (χ2n) is 6.22. The van der Waals surface area contributed by atoms with Gasteiger partial charge in [0.25, 0.3) is 0 Å². The van der Waals surface area contributed by atoms with Crippen LogP contribution in [0.3, 0.4) is 0 Å². The van der Waals surface area contributed by atoms with Crippen LogP contribution in [0.2, 0.25) is 0 Å². The van der Waals surface area contributed by atoms with Crippen LogP contribution in [0.4, 0.5) is 11.8 Å². The van der Waals surface area contributed by atoms with Gasteiger partial charge in [0.1, 0.15) is 5.75 Å². The third-order valence-corrected chi connectivity index (χ3v) is 4.13. The van der Waals surface area contributed by atoms with E-state index in [9.17, 15) is 0 Å². The number of ether oxygens (including phenoxy) is 2. The highest BCUT2D eigenvalue weighted by atomic mass is 16.5. The minimum Gasteiger partial charge on any atom is -0.497 e. The van der Waals surface area contributed by atoms with Crippen LogP contribution in [0.15, 0.2) is 24.4 Å². The summed E-state index contributed by atoms with van der Waals surface area (Å²) in [5.74, 6) is 2.48. The zero-order valence-electron chi connectivity index (χ0n) is 16.0. The predicted octanol–water partition coefficient (Wildman–Crippen LogP) is 3.85. The molecule has 1 heterocycles. The van der Waals surface area contributed by atoms with Crippen LogP contribution in [-0.4, -0.2) is 30.2 Å². The lowest BCUT2D eigenvalue weighted by molar-refractivity contribution is 0.310. The molecule has 0 unspecified atom stereocenters. The topological polar surface area (TPSA) is 82.3 Å². The molecule has 2 rings (SSSR count). The second-order valence-corrected chi connectivity index (χ2v) is 6.22. The van der Waals surface area contributed by atoms with Gasteiger partial charge in [-0.2, -0.15) is 4.98 Å². The number of aryl methyl sites for hydroxylation is 2. The van der Waals surface area contributed by atoms with E-state index in [-0.39, 0.29) is 5.95 Å². The lowest BCUT2D eigenvalue weighted by Crippen LogP contribution is -2.09. The van der Waals surface area contributed by atoms with Crippen molar-refractivity contribution in [2.45, 2.75) is 46.0 Å². The van der Waals surface area contributed by atoms with Gasteiger partial charge in [-0.25, -0.2) is 4.98 Å². The van der Waals surface area contributed by atoms with E-state index in [0.29, 0.717) is 18.2 Å². The maximum absolute atomic E-state index is 5.88. The molecule has 0 bridgehead atoms. The van der Waals surface area contributed by atoms with Crippen molar-refractivity contribution >= 4 is 11.8 Å². The fourth-order valence-electron chi connectivity index (χ4n) is 2.65. The van der Waals surface area contributed by atoms with Crippen molar-refractivity contribution in [2.24, 2.45) is 0 Å². The molecule has 0 amide bonds. The number of anilines is 2. The molecule has 1 aromatic heterocycles. The summed E-state index contributed by atoms with van der Waals surface area (Å²) < 4.78 is 11.3. The van der Waals surface area contributed by atoms with Crippen LogP contribution in [0, 0.1) is 0 Å². The van der Waals surface area contributed by atoms with E-state index in [4.69, 9.17) is 15.2 Å². The molecule has 1 aromatic carbocycles. The smallest absolute Gasteiger partial charge is 0.222 e. The standard InChI is InChI=1S/C20H30N4O2/c1-4-6-9-22-19-18(14-23-20(21)24-19)26-10-7-8-16-11-15(5-2)12-17(13-16)25-3/h11-14H,4-10H2,1-3H3,(H3,21,22,23,24). The van der Waals surface area contributed by atoms with E-state index in [1.54, 1.807) is 13.3 Å². The minimum atomic E-state index is 0.250. The van der Waals surface area contributed by atoms with Crippen molar-refractivity contribution in [3.05, 3.63) is 35.5 Å². The number of unbranched alkanes of at least 4 members (excludes halogenated alkanes) is 1. The van der Waals surface area contributed by atoms with Gasteiger partial charge in [-0.3, -0.25) is 0 Å². The van der Waals surface area contributed by atoms with Crippen molar-refractivity contribution in [3.8, 4) is 11.5 Å². The SMILES string of the molecule is CCCCNc1nc(N)ncc1OCCCc1cc(CC)cc(OC)c1. The molecule has 0 saturated carbocycles. The molecule has 0 fully saturated rings. The van der Waals surface area contributed by atoms with Gasteiger partial charge in [-0.05, 0) is 48.9 Å². The Bertz CT molecular complexity index is 669. The molecule has 3 N–H and O–H groups in total. The number of methoxy groups -OCH3 is 1. The third-order valence-electron chi connectivity index (χ3n) is 4.13. The quantitative estimate of drug-likeness (QED) is 0.594. The molecule has 0 atom stereocenters. The first-order valence-electron chi connectivity index (χ1n) is 9.32. The summed E-state index contributed by atoms with van der Waals surface area (Å²) in [6.07, 6.45) is 6.64. The van der Waals surface area contributed by atoms with Crippen molar-refractivity contribution in [1.29, 1.82) is 0 Å². The van der Waals surface area contributed by atoms with Gasteiger partial charge in [-0.15, -0.1) is 0 Å². The van der Waals surface area contributed by atoms with E-state index in [1.807, 2.05) is 0 Å². The largest absolute Gasteiger partial charge is 0.497 e. The Morgan fingerprint density at radius 3 is 2.65 bits per heavy atom. The average molecular weight is 358 g/mol. The number of nitrogens with one attached hydrogen (secondary N) is 1.